The molecule has 0 fully saturated rings. The van der Waals surface area contributed by atoms with E-state index in [1.165, 1.54) is 16.2 Å². The number of carboxylic acids is 1. The molecule has 2 amide bonds. The van der Waals surface area contributed by atoms with Gasteiger partial charge in [-0.25, -0.2) is 9.78 Å². The van der Waals surface area contributed by atoms with Crippen LogP contribution in [0.25, 0.3) is 0 Å². The van der Waals surface area contributed by atoms with Crippen LogP contribution >= 0.6 is 11.3 Å². The molecule has 1 aromatic rings. The Morgan fingerprint density at radius 3 is 2.83 bits per heavy atom. The lowest BCUT2D eigenvalue weighted by Crippen LogP contribution is -2.42. The van der Waals surface area contributed by atoms with Crippen molar-refractivity contribution in [2.75, 3.05) is 13.1 Å². The minimum Gasteiger partial charge on any atom is -0.481 e. The summed E-state index contributed by atoms with van der Waals surface area (Å²) in [6.07, 6.45) is 1.68. The smallest absolute Gasteiger partial charge is 0.317 e. The van der Waals surface area contributed by atoms with Crippen molar-refractivity contribution in [3.05, 3.63) is 16.6 Å². The van der Waals surface area contributed by atoms with Gasteiger partial charge in [-0.3, -0.25) is 4.79 Å². The minimum absolute atomic E-state index is 0.204. The third-order valence-corrected chi connectivity index (χ3v) is 3.24. The third kappa shape index (κ3) is 4.33. The van der Waals surface area contributed by atoms with E-state index in [4.69, 9.17) is 5.11 Å². The average Bonchev–Trinajstić information content (AvgIpc) is 2.85. The summed E-state index contributed by atoms with van der Waals surface area (Å²) < 4.78 is 0. The monoisotopic (exact) mass is 271 g/mol. The van der Waals surface area contributed by atoms with E-state index in [0.717, 1.165) is 5.01 Å². The van der Waals surface area contributed by atoms with Crippen LogP contribution in [0.2, 0.25) is 0 Å². The first-order valence-corrected chi connectivity index (χ1v) is 6.56. The fraction of sp³-hybridized carbons (Fsp3) is 0.545. The zero-order chi connectivity index (χ0) is 13.5. The van der Waals surface area contributed by atoms with Gasteiger partial charge < -0.3 is 15.3 Å². The molecule has 0 aromatic carbocycles. The Kier molecular flexibility index (Phi) is 5.57. The highest BCUT2D eigenvalue weighted by Gasteiger charge is 2.19. The van der Waals surface area contributed by atoms with Gasteiger partial charge in [-0.15, -0.1) is 11.3 Å². The summed E-state index contributed by atoms with van der Waals surface area (Å²) >= 11 is 1.46. The molecule has 1 rings (SSSR count). The van der Waals surface area contributed by atoms with Crippen molar-refractivity contribution in [2.45, 2.75) is 20.4 Å². The summed E-state index contributed by atoms with van der Waals surface area (Å²) in [5.41, 5.74) is 0. The van der Waals surface area contributed by atoms with Gasteiger partial charge in [0.15, 0.2) is 0 Å². The van der Waals surface area contributed by atoms with E-state index < -0.39 is 11.9 Å². The second kappa shape index (κ2) is 6.95. The van der Waals surface area contributed by atoms with Gasteiger partial charge in [0.25, 0.3) is 0 Å². The molecule has 1 aromatic heterocycles. The van der Waals surface area contributed by atoms with Crippen molar-refractivity contribution < 1.29 is 14.7 Å². The molecule has 18 heavy (non-hydrogen) atoms. The number of carboxylic acid groups (broad SMARTS) is 1. The lowest BCUT2D eigenvalue weighted by atomic mass is 10.2. The van der Waals surface area contributed by atoms with Crippen LogP contribution in [0.3, 0.4) is 0 Å². The first-order chi connectivity index (χ1) is 8.54. The van der Waals surface area contributed by atoms with Crippen molar-refractivity contribution in [1.29, 1.82) is 0 Å². The largest absolute Gasteiger partial charge is 0.481 e. The molecule has 0 saturated heterocycles. The van der Waals surface area contributed by atoms with Crippen LogP contribution in [0.1, 0.15) is 18.9 Å². The third-order valence-electron chi connectivity index (χ3n) is 2.46. The SMILES string of the molecule is CCN(CC(C)C(=O)O)C(=O)NCc1nccs1. The number of thiazole rings is 1. The number of hydrogen-bond donors (Lipinski definition) is 2. The van der Waals surface area contributed by atoms with Crippen LogP contribution in [-0.4, -0.2) is 40.1 Å². The lowest BCUT2D eigenvalue weighted by molar-refractivity contribution is -0.141. The van der Waals surface area contributed by atoms with E-state index in [1.54, 1.807) is 13.1 Å². The molecule has 0 radical (unpaired) electrons. The fourth-order valence-corrected chi connectivity index (χ4v) is 1.92. The van der Waals surface area contributed by atoms with Crippen molar-refractivity contribution in [1.82, 2.24) is 15.2 Å². The Hall–Kier alpha value is -1.63. The van der Waals surface area contributed by atoms with Crippen LogP contribution in [-0.2, 0) is 11.3 Å². The fourth-order valence-electron chi connectivity index (χ4n) is 1.37. The van der Waals surface area contributed by atoms with Crippen molar-refractivity contribution in [2.24, 2.45) is 5.92 Å². The summed E-state index contributed by atoms with van der Waals surface area (Å²) in [7, 11) is 0. The molecule has 0 spiro atoms. The van der Waals surface area contributed by atoms with Crippen LogP contribution in [0.4, 0.5) is 4.79 Å². The molecule has 100 valence electrons. The molecule has 7 heteroatoms. The van der Waals surface area contributed by atoms with Gasteiger partial charge in [-0.05, 0) is 6.92 Å². The highest BCUT2D eigenvalue weighted by Crippen LogP contribution is 2.04. The van der Waals surface area contributed by atoms with Crippen molar-refractivity contribution in [3.63, 3.8) is 0 Å². The lowest BCUT2D eigenvalue weighted by Gasteiger charge is -2.22. The Morgan fingerprint density at radius 1 is 1.61 bits per heavy atom. The number of nitrogens with zero attached hydrogens (tertiary/aromatic N) is 2. The molecule has 0 bridgehead atoms. The number of aliphatic carboxylic acids is 1. The Morgan fingerprint density at radius 2 is 2.33 bits per heavy atom. The zero-order valence-corrected chi connectivity index (χ0v) is 11.2. The first-order valence-electron chi connectivity index (χ1n) is 5.68. The number of hydrogen-bond acceptors (Lipinski definition) is 4. The van der Waals surface area contributed by atoms with Gasteiger partial charge in [0, 0.05) is 24.7 Å². The Bertz CT molecular complexity index is 394. The summed E-state index contributed by atoms with van der Waals surface area (Å²) in [5, 5.41) is 14.2. The number of nitrogens with one attached hydrogen (secondary N) is 1. The molecule has 1 atom stereocenters. The molecule has 1 heterocycles. The summed E-state index contributed by atoms with van der Waals surface area (Å²) in [6.45, 7) is 4.45. The standard InChI is InChI=1S/C11H17N3O3S/c1-3-14(7-8(2)10(15)16)11(17)13-6-9-12-4-5-18-9/h4-5,8H,3,6-7H2,1-2H3,(H,13,17)(H,15,16). The van der Waals surface area contributed by atoms with Gasteiger partial charge in [-0.2, -0.15) is 0 Å². The molecule has 0 aliphatic carbocycles. The molecule has 0 aliphatic heterocycles. The number of carbonyl (C=O) groups is 2. The highest BCUT2D eigenvalue weighted by molar-refractivity contribution is 7.09. The maximum atomic E-state index is 11.8. The summed E-state index contributed by atoms with van der Waals surface area (Å²) in [5.74, 6) is -1.48. The maximum absolute atomic E-state index is 11.8. The van der Waals surface area contributed by atoms with E-state index in [9.17, 15) is 9.59 Å². The maximum Gasteiger partial charge on any atom is 0.317 e. The number of carbonyl (C=O) groups excluding carboxylic acids is 1. The van der Waals surface area contributed by atoms with Gasteiger partial charge in [-0.1, -0.05) is 6.92 Å². The summed E-state index contributed by atoms with van der Waals surface area (Å²) in [4.78, 5) is 28.1. The number of aromatic nitrogens is 1. The molecular weight excluding hydrogens is 254 g/mol. The summed E-state index contributed by atoms with van der Waals surface area (Å²) in [6, 6.07) is -0.263. The number of urea groups is 1. The predicted molar refractivity (Wildman–Crippen MR) is 68.4 cm³/mol. The minimum atomic E-state index is -0.902. The van der Waals surface area contributed by atoms with E-state index in [2.05, 4.69) is 10.3 Å². The van der Waals surface area contributed by atoms with Gasteiger partial charge in [0.1, 0.15) is 5.01 Å². The predicted octanol–water partition coefficient (Wildman–Crippen LogP) is 1.40. The zero-order valence-electron chi connectivity index (χ0n) is 10.4. The normalized spacial score (nSPS) is 11.9. The average molecular weight is 271 g/mol. The van der Waals surface area contributed by atoms with Gasteiger partial charge in [0.05, 0.1) is 12.5 Å². The van der Waals surface area contributed by atoms with Gasteiger partial charge in [0.2, 0.25) is 0 Å². The van der Waals surface area contributed by atoms with Gasteiger partial charge >= 0.3 is 12.0 Å². The second-order valence-electron chi connectivity index (χ2n) is 3.86. The first kappa shape index (κ1) is 14.4. The van der Waals surface area contributed by atoms with Crippen LogP contribution in [0.5, 0.6) is 0 Å². The quantitative estimate of drug-likeness (QED) is 0.819. The van der Waals surface area contributed by atoms with Crippen LogP contribution in [0, 0.1) is 5.92 Å². The molecule has 2 N–H and O–H groups in total. The number of amides is 2. The van der Waals surface area contributed by atoms with E-state index >= 15 is 0 Å². The highest BCUT2D eigenvalue weighted by atomic mass is 32.1. The van der Waals surface area contributed by atoms with Crippen LogP contribution < -0.4 is 5.32 Å². The molecule has 0 aliphatic rings. The molecule has 1 unspecified atom stereocenters. The second-order valence-corrected chi connectivity index (χ2v) is 4.84. The Balaban J connectivity index is 2.44. The Labute approximate surface area is 110 Å². The molecular formula is C11H17N3O3S. The topological polar surface area (TPSA) is 82.5 Å². The molecule has 6 nitrogen and oxygen atoms in total. The van der Waals surface area contributed by atoms with E-state index in [-0.39, 0.29) is 12.6 Å². The van der Waals surface area contributed by atoms with E-state index in [0.29, 0.717) is 13.1 Å². The van der Waals surface area contributed by atoms with E-state index in [1.807, 2.05) is 12.3 Å². The molecule has 0 saturated carbocycles. The van der Waals surface area contributed by atoms with Crippen molar-refractivity contribution >= 4 is 23.3 Å². The van der Waals surface area contributed by atoms with Crippen molar-refractivity contribution in [3.8, 4) is 0 Å². The van der Waals surface area contributed by atoms with Crippen LogP contribution in [0.15, 0.2) is 11.6 Å². The number of rotatable bonds is 6.